The first-order valence-electron chi connectivity index (χ1n) is 7.02. The Morgan fingerprint density at radius 3 is 2.50 bits per heavy atom. The first-order chi connectivity index (χ1) is 10.7. The van der Waals surface area contributed by atoms with Crippen LogP contribution < -0.4 is 5.32 Å². The van der Waals surface area contributed by atoms with Gasteiger partial charge in [0.05, 0.1) is 11.6 Å². The molecule has 0 spiro atoms. The second-order valence-corrected chi connectivity index (χ2v) is 6.28. The third-order valence-electron chi connectivity index (χ3n) is 3.19. The number of hydrogen-bond acceptors (Lipinski definition) is 3. The summed E-state index contributed by atoms with van der Waals surface area (Å²) < 4.78 is 0. The summed E-state index contributed by atoms with van der Waals surface area (Å²) in [6.45, 7) is 0.417. The van der Waals surface area contributed by atoms with Crippen molar-refractivity contribution in [2.75, 3.05) is 5.75 Å². The maximum absolute atomic E-state index is 11.9. The van der Waals surface area contributed by atoms with Crippen LogP contribution in [0.2, 0.25) is 5.02 Å². The number of aliphatic hydroxyl groups excluding tert-OH is 1. The summed E-state index contributed by atoms with van der Waals surface area (Å²) in [6.07, 6.45) is 0.428. The molecule has 0 aliphatic carbocycles. The second kappa shape index (κ2) is 8.83. The van der Waals surface area contributed by atoms with Gasteiger partial charge in [-0.15, -0.1) is 11.8 Å². The molecule has 0 heterocycles. The zero-order valence-corrected chi connectivity index (χ0v) is 13.7. The maximum Gasteiger partial charge on any atom is 0.221 e. The van der Waals surface area contributed by atoms with Crippen molar-refractivity contribution < 1.29 is 9.90 Å². The topological polar surface area (TPSA) is 49.3 Å². The van der Waals surface area contributed by atoms with Crippen molar-refractivity contribution in [1.29, 1.82) is 0 Å². The third kappa shape index (κ3) is 5.05. The Kier molecular flexibility index (Phi) is 6.77. The minimum atomic E-state index is -0.0194. The number of thioether (sulfide) groups is 1. The van der Waals surface area contributed by atoms with Gasteiger partial charge in [-0.2, -0.15) is 0 Å². The van der Waals surface area contributed by atoms with E-state index in [0.717, 1.165) is 16.0 Å². The van der Waals surface area contributed by atoms with Gasteiger partial charge in [-0.3, -0.25) is 4.79 Å². The summed E-state index contributed by atoms with van der Waals surface area (Å²) in [5, 5.41) is 12.8. The lowest BCUT2D eigenvalue weighted by Gasteiger charge is -2.09. The monoisotopic (exact) mass is 335 g/mol. The Morgan fingerprint density at radius 2 is 1.77 bits per heavy atom. The molecule has 116 valence electrons. The smallest absolute Gasteiger partial charge is 0.221 e. The average Bonchev–Trinajstić information content (AvgIpc) is 2.55. The number of carbonyl (C=O) groups excluding carboxylic acids is 1. The molecule has 2 aromatic carbocycles. The van der Waals surface area contributed by atoms with Gasteiger partial charge in [0, 0.05) is 23.6 Å². The predicted molar refractivity (Wildman–Crippen MR) is 91.0 cm³/mol. The van der Waals surface area contributed by atoms with Crippen LogP contribution in [0.1, 0.15) is 17.5 Å². The van der Waals surface area contributed by atoms with Crippen LogP contribution in [0.4, 0.5) is 0 Å². The summed E-state index contributed by atoms with van der Waals surface area (Å²) >= 11 is 7.64. The standard InChI is InChI=1S/C17H18ClNO2S/c18-15-7-3-4-8-16(15)22-10-9-17(21)19-11-13-5-1-2-6-14(13)12-20/h1-8,20H,9-12H2,(H,19,21). The minimum Gasteiger partial charge on any atom is -0.392 e. The Labute approximate surface area is 139 Å². The quantitative estimate of drug-likeness (QED) is 0.760. The van der Waals surface area contributed by atoms with Crippen LogP contribution in [0.3, 0.4) is 0 Å². The SMILES string of the molecule is O=C(CCSc1ccccc1Cl)NCc1ccccc1CO. The first-order valence-corrected chi connectivity index (χ1v) is 8.38. The van der Waals surface area contributed by atoms with E-state index in [4.69, 9.17) is 11.6 Å². The van der Waals surface area contributed by atoms with E-state index in [2.05, 4.69) is 5.32 Å². The molecule has 0 fully saturated rings. The molecule has 0 aliphatic heterocycles. The summed E-state index contributed by atoms with van der Waals surface area (Å²) in [6, 6.07) is 15.1. The van der Waals surface area contributed by atoms with Crippen LogP contribution in [0.5, 0.6) is 0 Å². The molecule has 5 heteroatoms. The van der Waals surface area contributed by atoms with Crippen LogP contribution in [-0.2, 0) is 17.9 Å². The van der Waals surface area contributed by atoms with Crippen molar-refractivity contribution in [3.8, 4) is 0 Å². The van der Waals surface area contributed by atoms with Gasteiger partial charge < -0.3 is 10.4 Å². The Morgan fingerprint density at radius 1 is 1.09 bits per heavy atom. The Hall–Kier alpha value is -1.49. The molecule has 22 heavy (non-hydrogen) atoms. The molecular weight excluding hydrogens is 318 g/mol. The van der Waals surface area contributed by atoms with Crippen LogP contribution in [0.25, 0.3) is 0 Å². The number of carbonyl (C=O) groups is 1. The number of benzene rings is 2. The van der Waals surface area contributed by atoms with E-state index in [1.165, 1.54) is 0 Å². The molecule has 0 aromatic heterocycles. The van der Waals surface area contributed by atoms with Crippen molar-refractivity contribution in [3.05, 3.63) is 64.7 Å². The van der Waals surface area contributed by atoms with E-state index in [-0.39, 0.29) is 12.5 Å². The van der Waals surface area contributed by atoms with Gasteiger partial charge >= 0.3 is 0 Å². The summed E-state index contributed by atoms with van der Waals surface area (Å²) in [7, 11) is 0. The van der Waals surface area contributed by atoms with Crippen LogP contribution in [0, 0.1) is 0 Å². The first kappa shape index (κ1) is 16.9. The van der Waals surface area contributed by atoms with E-state index in [1.54, 1.807) is 11.8 Å². The Balaban J connectivity index is 1.75. The largest absolute Gasteiger partial charge is 0.392 e. The molecule has 1 amide bonds. The van der Waals surface area contributed by atoms with E-state index in [0.29, 0.717) is 23.7 Å². The van der Waals surface area contributed by atoms with Crippen molar-refractivity contribution >= 4 is 29.3 Å². The molecular formula is C17H18ClNO2S. The number of aliphatic hydroxyl groups is 1. The second-order valence-electron chi connectivity index (χ2n) is 4.73. The van der Waals surface area contributed by atoms with Gasteiger partial charge in [0.1, 0.15) is 0 Å². The van der Waals surface area contributed by atoms with Crippen molar-refractivity contribution in [2.45, 2.75) is 24.5 Å². The average molecular weight is 336 g/mol. The fraction of sp³-hybridized carbons (Fsp3) is 0.235. The fourth-order valence-electron chi connectivity index (χ4n) is 1.98. The summed E-state index contributed by atoms with van der Waals surface area (Å²) in [5.74, 6) is 0.671. The highest BCUT2D eigenvalue weighted by atomic mass is 35.5. The van der Waals surface area contributed by atoms with Gasteiger partial charge in [0.25, 0.3) is 0 Å². The van der Waals surface area contributed by atoms with Crippen molar-refractivity contribution in [1.82, 2.24) is 5.32 Å². The number of amides is 1. The molecule has 0 atom stereocenters. The lowest BCUT2D eigenvalue weighted by Crippen LogP contribution is -2.23. The van der Waals surface area contributed by atoms with Crippen LogP contribution >= 0.6 is 23.4 Å². The third-order valence-corrected chi connectivity index (χ3v) is 4.70. The molecule has 0 saturated heterocycles. The predicted octanol–water partition coefficient (Wildman–Crippen LogP) is 3.63. The summed E-state index contributed by atoms with van der Waals surface area (Å²) in [4.78, 5) is 12.9. The highest BCUT2D eigenvalue weighted by molar-refractivity contribution is 7.99. The normalized spacial score (nSPS) is 10.5. The van der Waals surface area contributed by atoms with E-state index < -0.39 is 0 Å². The Bertz CT molecular complexity index is 634. The number of rotatable bonds is 7. The van der Waals surface area contributed by atoms with Gasteiger partial charge in [0.15, 0.2) is 0 Å². The molecule has 2 aromatic rings. The van der Waals surface area contributed by atoms with Crippen LogP contribution in [-0.4, -0.2) is 16.8 Å². The molecule has 0 radical (unpaired) electrons. The van der Waals surface area contributed by atoms with E-state index in [1.807, 2.05) is 48.5 Å². The summed E-state index contributed by atoms with van der Waals surface area (Å²) in [5.41, 5.74) is 1.78. The molecule has 0 unspecified atom stereocenters. The lowest BCUT2D eigenvalue weighted by molar-refractivity contribution is -0.120. The molecule has 2 rings (SSSR count). The number of hydrogen-bond donors (Lipinski definition) is 2. The van der Waals surface area contributed by atoms with E-state index >= 15 is 0 Å². The molecule has 0 aliphatic rings. The molecule has 2 N–H and O–H groups in total. The van der Waals surface area contributed by atoms with Gasteiger partial charge in [-0.05, 0) is 23.3 Å². The van der Waals surface area contributed by atoms with Crippen molar-refractivity contribution in [3.63, 3.8) is 0 Å². The zero-order chi connectivity index (χ0) is 15.8. The lowest BCUT2D eigenvalue weighted by atomic mass is 10.1. The highest BCUT2D eigenvalue weighted by Gasteiger charge is 2.06. The van der Waals surface area contributed by atoms with Gasteiger partial charge in [0.2, 0.25) is 5.91 Å². The number of nitrogens with one attached hydrogen (secondary N) is 1. The number of halogens is 1. The molecule has 3 nitrogen and oxygen atoms in total. The van der Waals surface area contributed by atoms with Crippen LogP contribution in [0.15, 0.2) is 53.4 Å². The molecule has 0 bridgehead atoms. The molecule has 0 saturated carbocycles. The van der Waals surface area contributed by atoms with Gasteiger partial charge in [-0.1, -0.05) is 48.0 Å². The van der Waals surface area contributed by atoms with Crippen molar-refractivity contribution in [2.24, 2.45) is 0 Å². The van der Waals surface area contributed by atoms with Gasteiger partial charge in [-0.25, -0.2) is 0 Å². The fourth-order valence-corrected chi connectivity index (χ4v) is 3.17. The minimum absolute atomic E-state index is 0.00713. The highest BCUT2D eigenvalue weighted by Crippen LogP contribution is 2.26. The maximum atomic E-state index is 11.9. The zero-order valence-electron chi connectivity index (χ0n) is 12.1. The van der Waals surface area contributed by atoms with E-state index in [9.17, 15) is 9.90 Å².